The number of nitrogens with zero attached hydrogens (tertiary/aromatic N) is 1. The number of aliphatic hydroxyl groups is 1. The van der Waals surface area contributed by atoms with Crippen molar-refractivity contribution in [1.29, 1.82) is 0 Å². The van der Waals surface area contributed by atoms with Gasteiger partial charge in [0.25, 0.3) is 5.91 Å². The molecule has 0 radical (unpaired) electrons. The summed E-state index contributed by atoms with van der Waals surface area (Å²) in [5, 5.41) is 9.80. The number of amides is 1. The highest BCUT2D eigenvalue weighted by atomic mass is 16.5. The van der Waals surface area contributed by atoms with E-state index in [4.69, 9.17) is 4.74 Å². The highest BCUT2D eigenvalue weighted by Crippen LogP contribution is 2.24. The van der Waals surface area contributed by atoms with E-state index >= 15 is 0 Å². The van der Waals surface area contributed by atoms with E-state index in [0.717, 1.165) is 11.1 Å². The summed E-state index contributed by atoms with van der Waals surface area (Å²) in [6.07, 6.45) is -0.685. The number of esters is 1. The fourth-order valence-corrected chi connectivity index (χ4v) is 3.04. The summed E-state index contributed by atoms with van der Waals surface area (Å²) >= 11 is 0. The number of ether oxygens (including phenoxy) is 1. The molecule has 6 heteroatoms. The first-order chi connectivity index (χ1) is 12.2. The van der Waals surface area contributed by atoms with Gasteiger partial charge in [-0.3, -0.25) is 4.79 Å². The molecule has 0 saturated heterocycles. The smallest absolute Gasteiger partial charge is 0.355 e. The number of hydrogen-bond acceptors (Lipinski definition) is 4. The van der Waals surface area contributed by atoms with Crippen LogP contribution in [0.4, 0.5) is 0 Å². The van der Waals surface area contributed by atoms with E-state index in [-0.39, 0.29) is 18.2 Å². The number of aryl methyl sites for hydroxylation is 2. The van der Waals surface area contributed by atoms with Crippen molar-refractivity contribution in [1.82, 2.24) is 9.88 Å². The molecule has 1 aromatic heterocycles. The normalized spacial score (nSPS) is 11.9. The van der Waals surface area contributed by atoms with E-state index < -0.39 is 12.1 Å². The molecule has 0 aliphatic rings. The van der Waals surface area contributed by atoms with Crippen LogP contribution in [0.3, 0.4) is 0 Å². The maximum Gasteiger partial charge on any atom is 0.355 e. The number of carbonyl (C=O) groups excluding carboxylic acids is 2. The van der Waals surface area contributed by atoms with Crippen molar-refractivity contribution in [2.24, 2.45) is 0 Å². The molecule has 0 aliphatic heterocycles. The van der Waals surface area contributed by atoms with Crippen molar-refractivity contribution in [2.45, 2.75) is 40.3 Å². The predicted molar refractivity (Wildman–Crippen MR) is 98.8 cm³/mol. The number of carbonyl (C=O) groups is 2. The Morgan fingerprint density at radius 1 is 1.23 bits per heavy atom. The number of aliphatic hydroxyl groups excluding tert-OH is 1. The maximum absolute atomic E-state index is 12.3. The molecule has 1 heterocycles. The van der Waals surface area contributed by atoms with Gasteiger partial charge in [0.2, 0.25) is 0 Å². The summed E-state index contributed by atoms with van der Waals surface area (Å²) in [5.41, 5.74) is 4.46. The molecule has 0 saturated carbocycles. The van der Waals surface area contributed by atoms with E-state index in [1.54, 1.807) is 27.8 Å². The average Bonchev–Trinajstić information content (AvgIpc) is 2.89. The van der Waals surface area contributed by atoms with Crippen LogP contribution >= 0.6 is 0 Å². The fourth-order valence-electron chi connectivity index (χ4n) is 3.04. The lowest BCUT2D eigenvalue weighted by Crippen LogP contribution is -2.31. The number of hydrogen-bond donors (Lipinski definition) is 2. The molecule has 0 aliphatic carbocycles. The van der Waals surface area contributed by atoms with Gasteiger partial charge in [0, 0.05) is 24.8 Å². The second kappa shape index (κ2) is 8.19. The van der Waals surface area contributed by atoms with Crippen molar-refractivity contribution < 1.29 is 19.4 Å². The lowest BCUT2D eigenvalue weighted by atomic mass is 10.1. The highest BCUT2D eigenvalue weighted by molar-refractivity contribution is 5.91. The minimum Gasteiger partial charge on any atom is -0.451 e. The van der Waals surface area contributed by atoms with Crippen LogP contribution in [0.15, 0.2) is 24.3 Å². The van der Waals surface area contributed by atoms with E-state index in [2.05, 4.69) is 4.98 Å². The standard InChI is InChI=1S/C20H26N2O4/c1-12-8-6-7-9-16(12)10-22(5)17(24)11-26-20(25)19-13(2)18(15(4)23)14(3)21-19/h6-9,15,21,23H,10-11H2,1-5H3/t15-/m0/s1. The lowest BCUT2D eigenvalue weighted by Gasteiger charge is -2.18. The first kappa shape index (κ1) is 19.7. The van der Waals surface area contributed by atoms with Crippen LogP contribution in [0.2, 0.25) is 0 Å². The molecule has 0 fully saturated rings. The Kier molecular flexibility index (Phi) is 6.21. The molecule has 0 bridgehead atoms. The largest absolute Gasteiger partial charge is 0.451 e. The molecule has 0 unspecified atom stereocenters. The number of rotatable bonds is 6. The second-order valence-electron chi connectivity index (χ2n) is 6.59. The summed E-state index contributed by atoms with van der Waals surface area (Å²) in [6, 6.07) is 7.83. The molecule has 2 rings (SSSR count). The highest BCUT2D eigenvalue weighted by Gasteiger charge is 2.22. The Hall–Kier alpha value is -2.60. The predicted octanol–water partition coefficient (Wildman–Crippen LogP) is 2.81. The first-order valence-electron chi connectivity index (χ1n) is 8.55. The Balaban J connectivity index is 1.98. The van der Waals surface area contributed by atoms with Crippen molar-refractivity contribution >= 4 is 11.9 Å². The van der Waals surface area contributed by atoms with Gasteiger partial charge in [-0.1, -0.05) is 24.3 Å². The van der Waals surface area contributed by atoms with Gasteiger partial charge in [0.15, 0.2) is 6.61 Å². The van der Waals surface area contributed by atoms with E-state index in [0.29, 0.717) is 23.4 Å². The monoisotopic (exact) mass is 358 g/mol. The van der Waals surface area contributed by atoms with Gasteiger partial charge in [0.1, 0.15) is 5.69 Å². The Labute approximate surface area is 153 Å². The van der Waals surface area contributed by atoms with Gasteiger partial charge in [0.05, 0.1) is 6.10 Å². The molecular weight excluding hydrogens is 332 g/mol. The van der Waals surface area contributed by atoms with Crippen molar-refractivity contribution in [3.8, 4) is 0 Å². The van der Waals surface area contributed by atoms with Crippen LogP contribution in [0.1, 0.15) is 51.5 Å². The molecule has 26 heavy (non-hydrogen) atoms. The molecule has 2 aromatic rings. The number of likely N-dealkylation sites (N-methyl/N-ethyl adjacent to an activating group) is 1. The van der Waals surface area contributed by atoms with Crippen LogP contribution in [0, 0.1) is 20.8 Å². The molecule has 1 amide bonds. The molecule has 6 nitrogen and oxygen atoms in total. The molecular formula is C20H26N2O4. The molecule has 1 atom stereocenters. The van der Waals surface area contributed by atoms with Crippen molar-refractivity contribution in [3.63, 3.8) is 0 Å². The molecule has 0 spiro atoms. The van der Waals surface area contributed by atoms with E-state index in [1.165, 1.54) is 4.90 Å². The maximum atomic E-state index is 12.3. The zero-order valence-corrected chi connectivity index (χ0v) is 15.9. The zero-order valence-electron chi connectivity index (χ0n) is 15.9. The van der Waals surface area contributed by atoms with Crippen LogP contribution in [0.25, 0.3) is 0 Å². The van der Waals surface area contributed by atoms with Gasteiger partial charge in [-0.15, -0.1) is 0 Å². The SMILES string of the molecule is Cc1ccccc1CN(C)C(=O)COC(=O)c1[nH]c(C)c([C@H](C)O)c1C. The zero-order chi connectivity index (χ0) is 19.4. The molecule has 1 aromatic carbocycles. The quantitative estimate of drug-likeness (QED) is 0.778. The number of benzene rings is 1. The average molecular weight is 358 g/mol. The van der Waals surface area contributed by atoms with Gasteiger partial charge in [-0.25, -0.2) is 4.79 Å². The third-order valence-corrected chi connectivity index (χ3v) is 4.54. The minimum atomic E-state index is -0.685. The lowest BCUT2D eigenvalue weighted by molar-refractivity contribution is -0.133. The first-order valence-corrected chi connectivity index (χ1v) is 8.55. The van der Waals surface area contributed by atoms with Crippen molar-refractivity contribution in [3.05, 3.63) is 57.9 Å². The van der Waals surface area contributed by atoms with Crippen LogP contribution in [-0.2, 0) is 16.1 Å². The van der Waals surface area contributed by atoms with Crippen LogP contribution in [0.5, 0.6) is 0 Å². The topological polar surface area (TPSA) is 82.6 Å². The third kappa shape index (κ3) is 4.32. The third-order valence-electron chi connectivity index (χ3n) is 4.54. The molecule has 140 valence electrons. The summed E-state index contributed by atoms with van der Waals surface area (Å²) in [4.78, 5) is 29.0. The minimum absolute atomic E-state index is 0.271. The van der Waals surface area contributed by atoms with Gasteiger partial charge in [-0.2, -0.15) is 0 Å². The number of H-pyrrole nitrogens is 1. The number of aromatic amines is 1. The summed E-state index contributed by atoms with van der Waals surface area (Å²) in [5.74, 6) is -0.881. The number of aromatic nitrogens is 1. The molecule has 2 N–H and O–H groups in total. The second-order valence-corrected chi connectivity index (χ2v) is 6.59. The number of nitrogens with one attached hydrogen (secondary N) is 1. The van der Waals surface area contributed by atoms with Crippen LogP contribution < -0.4 is 0 Å². The fraction of sp³-hybridized carbons (Fsp3) is 0.400. The van der Waals surface area contributed by atoms with E-state index in [9.17, 15) is 14.7 Å². The Morgan fingerprint density at radius 2 is 1.88 bits per heavy atom. The van der Waals surface area contributed by atoms with Gasteiger partial charge in [-0.05, 0) is 44.4 Å². The summed E-state index contributed by atoms with van der Waals surface area (Å²) < 4.78 is 5.16. The van der Waals surface area contributed by atoms with Gasteiger partial charge < -0.3 is 19.7 Å². The summed E-state index contributed by atoms with van der Waals surface area (Å²) in [6.45, 7) is 7.28. The Bertz CT molecular complexity index is 808. The summed E-state index contributed by atoms with van der Waals surface area (Å²) in [7, 11) is 1.68. The van der Waals surface area contributed by atoms with Crippen LogP contribution in [-0.4, -0.2) is 40.5 Å². The van der Waals surface area contributed by atoms with Crippen molar-refractivity contribution in [2.75, 3.05) is 13.7 Å². The Morgan fingerprint density at radius 3 is 2.46 bits per heavy atom. The van der Waals surface area contributed by atoms with E-state index in [1.807, 2.05) is 31.2 Å². The van der Waals surface area contributed by atoms with Gasteiger partial charge >= 0.3 is 5.97 Å².